The van der Waals surface area contributed by atoms with Crippen LogP contribution in [0.25, 0.3) is 10.9 Å². The van der Waals surface area contributed by atoms with Crippen molar-refractivity contribution in [3.05, 3.63) is 66.4 Å². The molecule has 1 aromatic heterocycles. The van der Waals surface area contributed by atoms with E-state index in [-0.39, 0.29) is 5.78 Å². The van der Waals surface area contributed by atoms with Gasteiger partial charge >= 0.3 is 0 Å². The summed E-state index contributed by atoms with van der Waals surface area (Å²) < 4.78 is 1.68. The molecule has 0 saturated heterocycles. The molecule has 3 rings (SSSR count). The van der Waals surface area contributed by atoms with Gasteiger partial charge in [-0.25, -0.2) is 0 Å². The zero-order chi connectivity index (χ0) is 15.5. The van der Waals surface area contributed by atoms with Crippen molar-refractivity contribution in [3.63, 3.8) is 0 Å². The molecule has 0 atom stereocenters. The molecule has 0 saturated carbocycles. The van der Waals surface area contributed by atoms with E-state index in [2.05, 4.69) is 13.8 Å². The van der Waals surface area contributed by atoms with Crippen LogP contribution in [0.4, 0.5) is 0 Å². The predicted molar refractivity (Wildman–Crippen MR) is 88.2 cm³/mol. The van der Waals surface area contributed by atoms with E-state index in [1.165, 1.54) is 0 Å². The van der Waals surface area contributed by atoms with Crippen LogP contribution in [0, 0.1) is 5.92 Å². The second-order valence-electron chi connectivity index (χ2n) is 5.81. The van der Waals surface area contributed by atoms with Crippen LogP contribution in [0.3, 0.4) is 0 Å². The van der Waals surface area contributed by atoms with Gasteiger partial charge in [0, 0.05) is 17.4 Å². The molecule has 112 valence electrons. The van der Waals surface area contributed by atoms with Gasteiger partial charge in [0.15, 0.2) is 11.5 Å². The van der Waals surface area contributed by atoms with E-state index in [0.29, 0.717) is 12.3 Å². The molecule has 3 aromatic rings. The molecular formula is C19H19NO2. The molecule has 1 heterocycles. The Labute approximate surface area is 130 Å². The van der Waals surface area contributed by atoms with Crippen molar-refractivity contribution in [1.29, 1.82) is 0 Å². The van der Waals surface area contributed by atoms with Crippen molar-refractivity contribution >= 4 is 16.7 Å². The van der Waals surface area contributed by atoms with Crippen LogP contribution < -0.4 is 4.84 Å². The van der Waals surface area contributed by atoms with Crippen LogP contribution in [0.5, 0.6) is 5.75 Å². The first-order chi connectivity index (χ1) is 10.6. The molecule has 0 fully saturated rings. The van der Waals surface area contributed by atoms with Crippen molar-refractivity contribution in [1.82, 2.24) is 4.73 Å². The molecule has 3 nitrogen and oxygen atoms in total. The van der Waals surface area contributed by atoms with E-state index in [1.54, 1.807) is 10.9 Å². The number of benzene rings is 2. The minimum Gasteiger partial charge on any atom is -0.375 e. The monoisotopic (exact) mass is 293 g/mol. The number of carbonyl (C=O) groups is 1. The average Bonchev–Trinajstić information content (AvgIpc) is 2.87. The second-order valence-corrected chi connectivity index (χ2v) is 5.81. The van der Waals surface area contributed by atoms with Crippen molar-refractivity contribution in [3.8, 4) is 5.75 Å². The van der Waals surface area contributed by atoms with Gasteiger partial charge in [-0.1, -0.05) is 50.2 Å². The fraction of sp³-hybridized carbons (Fsp3) is 0.211. The van der Waals surface area contributed by atoms with E-state index in [4.69, 9.17) is 4.84 Å². The molecule has 0 N–H and O–H groups in total. The highest BCUT2D eigenvalue weighted by molar-refractivity contribution is 6.08. The molecule has 0 unspecified atom stereocenters. The number of para-hydroxylation sites is 2. The fourth-order valence-electron chi connectivity index (χ4n) is 2.52. The van der Waals surface area contributed by atoms with Crippen LogP contribution in [0.1, 0.15) is 30.6 Å². The van der Waals surface area contributed by atoms with Gasteiger partial charge in [-0.3, -0.25) is 4.79 Å². The highest BCUT2D eigenvalue weighted by Crippen LogP contribution is 2.24. The number of aromatic nitrogens is 1. The summed E-state index contributed by atoms with van der Waals surface area (Å²) in [5.41, 5.74) is 1.62. The Balaban J connectivity index is 2.02. The number of carbonyl (C=O) groups excluding carboxylic acids is 1. The van der Waals surface area contributed by atoms with Gasteiger partial charge in [0.05, 0.1) is 11.7 Å². The van der Waals surface area contributed by atoms with Gasteiger partial charge in [-0.2, -0.15) is 4.73 Å². The summed E-state index contributed by atoms with van der Waals surface area (Å²) in [4.78, 5) is 18.4. The summed E-state index contributed by atoms with van der Waals surface area (Å²) in [6, 6.07) is 17.4. The lowest BCUT2D eigenvalue weighted by atomic mass is 10.0. The molecule has 0 aliphatic heterocycles. The van der Waals surface area contributed by atoms with E-state index < -0.39 is 0 Å². The maximum atomic E-state index is 12.5. The summed E-state index contributed by atoms with van der Waals surface area (Å²) in [7, 11) is 0. The number of hydrogen-bond donors (Lipinski definition) is 0. The third-order valence-electron chi connectivity index (χ3n) is 3.52. The Morgan fingerprint density at radius 3 is 2.45 bits per heavy atom. The SMILES string of the molecule is CC(C)CC(=O)c1cn(Oc2ccccc2)c2ccccc12. The smallest absolute Gasteiger partial charge is 0.165 e. The molecule has 0 aliphatic carbocycles. The number of hydrogen-bond acceptors (Lipinski definition) is 2. The molecule has 0 aliphatic rings. The van der Waals surface area contributed by atoms with Crippen LogP contribution in [0.2, 0.25) is 0 Å². The van der Waals surface area contributed by atoms with Crippen LogP contribution in [0.15, 0.2) is 60.8 Å². The van der Waals surface area contributed by atoms with E-state index in [9.17, 15) is 4.79 Å². The van der Waals surface area contributed by atoms with Gasteiger partial charge < -0.3 is 4.84 Å². The van der Waals surface area contributed by atoms with E-state index in [1.807, 2.05) is 54.6 Å². The summed E-state index contributed by atoms with van der Waals surface area (Å²) in [6.45, 7) is 4.11. The Morgan fingerprint density at radius 1 is 1.05 bits per heavy atom. The second kappa shape index (κ2) is 6.06. The number of ketones is 1. The van der Waals surface area contributed by atoms with Crippen molar-refractivity contribution in [2.24, 2.45) is 5.92 Å². The third-order valence-corrected chi connectivity index (χ3v) is 3.52. The van der Waals surface area contributed by atoms with Crippen molar-refractivity contribution in [2.45, 2.75) is 20.3 Å². The molecule has 3 heteroatoms. The quantitative estimate of drug-likeness (QED) is 0.638. The molecule has 0 amide bonds. The highest BCUT2D eigenvalue weighted by Gasteiger charge is 2.16. The maximum absolute atomic E-state index is 12.5. The summed E-state index contributed by atoms with van der Waals surface area (Å²) in [5, 5.41) is 0.934. The number of fused-ring (bicyclic) bond motifs is 1. The normalized spacial score (nSPS) is 11.0. The molecule has 2 aromatic carbocycles. The molecule has 0 spiro atoms. The van der Waals surface area contributed by atoms with E-state index in [0.717, 1.165) is 22.2 Å². The lowest BCUT2D eigenvalue weighted by molar-refractivity contribution is 0.0967. The first kappa shape index (κ1) is 14.4. The largest absolute Gasteiger partial charge is 0.375 e. The third kappa shape index (κ3) is 2.89. The van der Waals surface area contributed by atoms with Crippen molar-refractivity contribution < 1.29 is 9.63 Å². The number of rotatable bonds is 5. The number of Topliss-reactive ketones (excluding diaryl/α,β-unsaturated/α-hetero) is 1. The predicted octanol–water partition coefficient (Wildman–Crippen LogP) is 4.71. The standard InChI is InChI=1S/C19H19NO2/c1-14(2)12-19(21)17-13-20(18-11-7-6-10-16(17)18)22-15-8-4-3-5-9-15/h3-11,13-14H,12H2,1-2H3. The summed E-state index contributed by atoms with van der Waals surface area (Å²) in [6.07, 6.45) is 2.34. The molecule has 0 radical (unpaired) electrons. The molecule has 22 heavy (non-hydrogen) atoms. The lowest BCUT2D eigenvalue weighted by Crippen LogP contribution is -2.05. The van der Waals surface area contributed by atoms with Gasteiger partial charge in [0.25, 0.3) is 0 Å². The molecular weight excluding hydrogens is 274 g/mol. The Morgan fingerprint density at radius 2 is 1.73 bits per heavy atom. The Hall–Kier alpha value is -2.55. The summed E-state index contributed by atoms with van der Waals surface area (Å²) in [5.74, 6) is 1.23. The first-order valence-electron chi connectivity index (χ1n) is 7.52. The van der Waals surface area contributed by atoms with Gasteiger partial charge in [0.2, 0.25) is 0 Å². The van der Waals surface area contributed by atoms with Gasteiger partial charge in [-0.15, -0.1) is 0 Å². The maximum Gasteiger partial charge on any atom is 0.165 e. The topological polar surface area (TPSA) is 31.2 Å². The first-order valence-corrected chi connectivity index (χ1v) is 7.52. The zero-order valence-electron chi connectivity index (χ0n) is 12.8. The summed E-state index contributed by atoms with van der Waals surface area (Å²) >= 11 is 0. The lowest BCUT2D eigenvalue weighted by Gasteiger charge is -2.06. The van der Waals surface area contributed by atoms with Crippen LogP contribution in [-0.2, 0) is 0 Å². The zero-order valence-corrected chi connectivity index (χ0v) is 12.8. The van der Waals surface area contributed by atoms with E-state index >= 15 is 0 Å². The average molecular weight is 293 g/mol. The minimum absolute atomic E-state index is 0.154. The Bertz CT molecular complexity index is 788. The van der Waals surface area contributed by atoms with Crippen LogP contribution in [-0.4, -0.2) is 10.5 Å². The highest BCUT2D eigenvalue weighted by atomic mass is 16.7. The molecule has 0 bridgehead atoms. The van der Waals surface area contributed by atoms with Crippen LogP contribution >= 0.6 is 0 Å². The number of nitrogens with zero attached hydrogens (tertiary/aromatic N) is 1. The van der Waals surface area contributed by atoms with Gasteiger partial charge in [-0.05, 0) is 24.1 Å². The van der Waals surface area contributed by atoms with Crippen molar-refractivity contribution in [2.75, 3.05) is 0 Å². The minimum atomic E-state index is 0.154. The van der Waals surface area contributed by atoms with Gasteiger partial charge in [0.1, 0.15) is 0 Å². The fourth-order valence-corrected chi connectivity index (χ4v) is 2.52. The Kier molecular flexibility index (Phi) is 3.96.